The number of amides is 2. The van der Waals surface area contributed by atoms with Crippen LogP contribution < -0.4 is 0 Å². The predicted octanol–water partition coefficient (Wildman–Crippen LogP) is 1.29. The van der Waals surface area contributed by atoms with Crippen LogP contribution in [0.3, 0.4) is 0 Å². The second kappa shape index (κ2) is 5.29. The Bertz CT molecular complexity index is 437. The van der Waals surface area contributed by atoms with Gasteiger partial charge in [0.2, 0.25) is 0 Å². The average Bonchev–Trinajstić information content (AvgIpc) is 2.64. The molecule has 0 aliphatic carbocycles. The van der Waals surface area contributed by atoms with Gasteiger partial charge in [0.1, 0.15) is 0 Å². The Labute approximate surface area is 105 Å². The fourth-order valence-electron chi connectivity index (χ4n) is 1.94. The molecule has 0 radical (unpaired) electrons. The van der Waals surface area contributed by atoms with Crippen molar-refractivity contribution in [2.24, 2.45) is 0 Å². The number of methoxy groups -OCH3 is 1. The number of rotatable bonds is 5. The van der Waals surface area contributed by atoms with Crippen molar-refractivity contribution in [1.29, 1.82) is 0 Å². The zero-order valence-electron chi connectivity index (χ0n) is 10.4. The fraction of sp³-hybridized carbons (Fsp3) is 0.385. The van der Waals surface area contributed by atoms with Crippen molar-refractivity contribution in [2.75, 3.05) is 20.3 Å². The van der Waals surface area contributed by atoms with Crippen LogP contribution in [0.25, 0.3) is 0 Å². The minimum atomic E-state index is -0.586. The van der Waals surface area contributed by atoms with Crippen molar-refractivity contribution >= 4 is 11.8 Å². The molecule has 0 aromatic heterocycles. The molecule has 0 spiro atoms. The summed E-state index contributed by atoms with van der Waals surface area (Å²) in [7, 11) is 1.48. The summed E-state index contributed by atoms with van der Waals surface area (Å²) in [5, 5.41) is 0. The number of fused-ring (bicyclic) bond motifs is 1. The Kier molecular flexibility index (Phi) is 3.74. The number of ether oxygens (including phenoxy) is 2. The number of carbonyl (C=O) groups is 2. The molecule has 0 fully saturated rings. The number of hydrogen-bond acceptors (Lipinski definition) is 4. The lowest BCUT2D eigenvalue weighted by atomic mass is 10.1. The monoisotopic (exact) mass is 249 g/mol. The van der Waals surface area contributed by atoms with Gasteiger partial charge in [-0.25, -0.2) is 0 Å². The molecule has 1 atom stereocenters. The van der Waals surface area contributed by atoms with Crippen LogP contribution in [0.4, 0.5) is 0 Å². The van der Waals surface area contributed by atoms with Gasteiger partial charge in [-0.05, 0) is 19.1 Å². The van der Waals surface area contributed by atoms with Crippen molar-refractivity contribution in [3.8, 4) is 0 Å². The molecule has 0 saturated heterocycles. The number of nitrogens with zero attached hydrogens (tertiary/aromatic N) is 1. The van der Waals surface area contributed by atoms with Gasteiger partial charge in [0, 0.05) is 13.7 Å². The minimum absolute atomic E-state index is 0.108. The van der Waals surface area contributed by atoms with E-state index in [1.807, 2.05) is 6.92 Å². The van der Waals surface area contributed by atoms with E-state index < -0.39 is 6.29 Å². The van der Waals surface area contributed by atoms with Crippen molar-refractivity contribution in [2.45, 2.75) is 13.2 Å². The van der Waals surface area contributed by atoms with E-state index in [1.54, 1.807) is 24.3 Å². The molecule has 96 valence electrons. The Balaban J connectivity index is 2.18. The van der Waals surface area contributed by atoms with Crippen LogP contribution in [0, 0.1) is 0 Å². The summed E-state index contributed by atoms with van der Waals surface area (Å²) in [6.07, 6.45) is -0.586. The summed E-state index contributed by atoms with van der Waals surface area (Å²) in [5.74, 6) is -0.588. The highest BCUT2D eigenvalue weighted by molar-refractivity contribution is 6.21. The summed E-state index contributed by atoms with van der Waals surface area (Å²) in [6, 6.07) is 6.78. The predicted molar refractivity (Wildman–Crippen MR) is 64.2 cm³/mol. The van der Waals surface area contributed by atoms with E-state index in [0.29, 0.717) is 17.7 Å². The standard InChI is InChI=1S/C13H15NO4/c1-3-18-11(17-2)8-14-12(15)9-6-4-5-7-10(9)13(14)16/h4-7,11H,3,8H2,1-2H3. The van der Waals surface area contributed by atoms with Gasteiger partial charge in [0.25, 0.3) is 11.8 Å². The fourth-order valence-corrected chi connectivity index (χ4v) is 1.94. The van der Waals surface area contributed by atoms with E-state index in [4.69, 9.17) is 9.47 Å². The van der Waals surface area contributed by atoms with Crippen molar-refractivity contribution < 1.29 is 19.1 Å². The van der Waals surface area contributed by atoms with E-state index >= 15 is 0 Å². The van der Waals surface area contributed by atoms with Crippen LogP contribution >= 0.6 is 0 Å². The van der Waals surface area contributed by atoms with Crippen molar-refractivity contribution in [1.82, 2.24) is 4.90 Å². The highest BCUT2D eigenvalue weighted by Gasteiger charge is 2.36. The van der Waals surface area contributed by atoms with E-state index in [0.717, 1.165) is 4.90 Å². The Morgan fingerprint density at radius 3 is 2.17 bits per heavy atom. The molecule has 0 saturated carbocycles. The number of carbonyl (C=O) groups excluding carboxylic acids is 2. The molecule has 1 aromatic carbocycles. The van der Waals surface area contributed by atoms with Crippen LogP contribution in [0.2, 0.25) is 0 Å². The average molecular weight is 249 g/mol. The number of benzene rings is 1. The highest BCUT2D eigenvalue weighted by Crippen LogP contribution is 2.22. The molecule has 5 nitrogen and oxygen atoms in total. The van der Waals surface area contributed by atoms with Crippen molar-refractivity contribution in [3.05, 3.63) is 35.4 Å². The first-order chi connectivity index (χ1) is 8.69. The first kappa shape index (κ1) is 12.7. The lowest BCUT2D eigenvalue weighted by Gasteiger charge is -2.20. The molecule has 2 amide bonds. The van der Waals surface area contributed by atoms with Gasteiger partial charge in [0.05, 0.1) is 17.7 Å². The van der Waals surface area contributed by atoms with Gasteiger partial charge in [-0.3, -0.25) is 14.5 Å². The molecule has 1 heterocycles. The SMILES string of the molecule is CCOC(CN1C(=O)c2ccccc2C1=O)OC. The molecule has 2 rings (SSSR count). The van der Waals surface area contributed by atoms with Crippen LogP contribution in [-0.2, 0) is 9.47 Å². The quantitative estimate of drug-likeness (QED) is 0.583. The molecule has 0 N–H and O–H groups in total. The maximum atomic E-state index is 12.1. The summed E-state index contributed by atoms with van der Waals surface area (Å²) >= 11 is 0. The van der Waals surface area contributed by atoms with E-state index in [9.17, 15) is 9.59 Å². The summed E-state index contributed by atoms with van der Waals surface area (Å²) in [6.45, 7) is 2.40. The zero-order chi connectivity index (χ0) is 13.1. The third kappa shape index (κ3) is 2.14. The molecule has 1 unspecified atom stereocenters. The van der Waals surface area contributed by atoms with Gasteiger partial charge in [0.15, 0.2) is 6.29 Å². The van der Waals surface area contributed by atoms with Crippen LogP contribution in [-0.4, -0.2) is 43.3 Å². The third-order valence-electron chi connectivity index (χ3n) is 2.83. The molecule has 0 bridgehead atoms. The first-order valence-electron chi connectivity index (χ1n) is 5.78. The number of imide groups is 1. The van der Waals surface area contributed by atoms with Gasteiger partial charge in [-0.15, -0.1) is 0 Å². The maximum absolute atomic E-state index is 12.1. The molecule has 5 heteroatoms. The zero-order valence-corrected chi connectivity index (χ0v) is 10.4. The topological polar surface area (TPSA) is 55.8 Å². The van der Waals surface area contributed by atoms with Gasteiger partial charge in [-0.2, -0.15) is 0 Å². The molecular weight excluding hydrogens is 234 g/mol. The van der Waals surface area contributed by atoms with Gasteiger partial charge in [-0.1, -0.05) is 12.1 Å². The van der Waals surface area contributed by atoms with E-state index in [2.05, 4.69) is 0 Å². The second-order valence-electron chi connectivity index (χ2n) is 3.89. The smallest absolute Gasteiger partial charge is 0.261 e. The van der Waals surface area contributed by atoms with Crippen LogP contribution in [0.1, 0.15) is 27.6 Å². The van der Waals surface area contributed by atoms with E-state index in [1.165, 1.54) is 7.11 Å². The largest absolute Gasteiger partial charge is 0.354 e. The normalized spacial score (nSPS) is 16.0. The van der Waals surface area contributed by atoms with Gasteiger partial charge < -0.3 is 9.47 Å². The second-order valence-corrected chi connectivity index (χ2v) is 3.89. The van der Waals surface area contributed by atoms with Crippen molar-refractivity contribution in [3.63, 3.8) is 0 Å². The summed E-state index contributed by atoms with van der Waals surface area (Å²) < 4.78 is 10.4. The molecule has 18 heavy (non-hydrogen) atoms. The Morgan fingerprint density at radius 2 is 1.72 bits per heavy atom. The van der Waals surface area contributed by atoms with Crippen LogP contribution in [0.15, 0.2) is 24.3 Å². The molecule has 1 aromatic rings. The molecular formula is C13H15NO4. The van der Waals surface area contributed by atoms with Gasteiger partial charge >= 0.3 is 0 Å². The Hall–Kier alpha value is -1.72. The lowest BCUT2D eigenvalue weighted by molar-refractivity contribution is -0.125. The Morgan fingerprint density at radius 1 is 1.17 bits per heavy atom. The highest BCUT2D eigenvalue weighted by atomic mass is 16.7. The first-order valence-corrected chi connectivity index (χ1v) is 5.78. The third-order valence-corrected chi connectivity index (χ3v) is 2.83. The summed E-state index contributed by atoms with van der Waals surface area (Å²) in [5.41, 5.74) is 0.878. The molecule has 1 aliphatic rings. The summed E-state index contributed by atoms with van der Waals surface area (Å²) in [4.78, 5) is 25.3. The maximum Gasteiger partial charge on any atom is 0.261 e. The lowest BCUT2D eigenvalue weighted by Crippen LogP contribution is -2.38. The number of hydrogen-bond donors (Lipinski definition) is 0. The van der Waals surface area contributed by atoms with E-state index in [-0.39, 0.29) is 18.4 Å². The van der Waals surface area contributed by atoms with Crippen LogP contribution in [0.5, 0.6) is 0 Å². The molecule has 1 aliphatic heterocycles. The minimum Gasteiger partial charge on any atom is -0.354 e.